The molecule has 1 aromatic rings. The van der Waals surface area contributed by atoms with Crippen LogP contribution in [0, 0.1) is 5.82 Å². The van der Waals surface area contributed by atoms with Crippen molar-refractivity contribution in [2.45, 2.75) is 39.5 Å². The van der Waals surface area contributed by atoms with Crippen LogP contribution in [-0.4, -0.2) is 30.1 Å². The van der Waals surface area contributed by atoms with Crippen LogP contribution in [0.4, 0.5) is 16.2 Å². The average Bonchev–Trinajstić information content (AvgIpc) is 2.40. The summed E-state index contributed by atoms with van der Waals surface area (Å²) in [7, 11) is 1.74. The Hall–Kier alpha value is -1.39. The van der Waals surface area contributed by atoms with E-state index in [0.29, 0.717) is 11.8 Å². The highest BCUT2D eigenvalue weighted by Crippen LogP contribution is 2.18. The molecule has 0 aliphatic rings. The molecule has 0 saturated heterocycles. The second-order valence-corrected chi connectivity index (χ2v) is 4.31. The maximum atomic E-state index is 13.8. The van der Waals surface area contributed by atoms with Crippen molar-refractivity contribution >= 4 is 11.8 Å². The molecule has 0 unspecified atom stereocenters. The third kappa shape index (κ3) is 4.13. The molecule has 0 aliphatic heterocycles. The minimum atomic E-state index is -0.346. The van der Waals surface area contributed by atoms with Crippen LogP contribution in [0.15, 0.2) is 6.20 Å². The molecular formula is C13H23FN4. The molecule has 1 rings (SSSR count). The van der Waals surface area contributed by atoms with Crippen LogP contribution in [0.3, 0.4) is 0 Å². The summed E-state index contributed by atoms with van der Waals surface area (Å²) in [6.45, 7) is 5.95. The molecule has 0 saturated carbocycles. The molecule has 0 aliphatic carbocycles. The zero-order chi connectivity index (χ0) is 13.4. The van der Waals surface area contributed by atoms with Gasteiger partial charge in [0.2, 0.25) is 5.95 Å². The second-order valence-electron chi connectivity index (χ2n) is 4.31. The van der Waals surface area contributed by atoms with E-state index in [0.717, 1.165) is 38.8 Å². The van der Waals surface area contributed by atoms with Gasteiger partial charge in [-0.25, -0.2) is 9.37 Å². The van der Waals surface area contributed by atoms with Crippen LogP contribution in [0.1, 0.15) is 39.5 Å². The normalized spacial score (nSPS) is 10.4. The number of anilines is 2. The fourth-order valence-electron chi connectivity index (χ4n) is 1.72. The molecule has 18 heavy (non-hydrogen) atoms. The molecule has 4 nitrogen and oxygen atoms in total. The highest BCUT2D eigenvalue weighted by molar-refractivity contribution is 5.43. The highest BCUT2D eigenvalue weighted by atomic mass is 19.1. The Labute approximate surface area is 109 Å². The predicted molar refractivity (Wildman–Crippen MR) is 73.6 cm³/mol. The molecular weight excluding hydrogens is 231 g/mol. The van der Waals surface area contributed by atoms with Crippen molar-refractivity contribution in [3.05, 3.63) is 12.0 Å². The van der Waals surface area contributed by atoms with Crippen molar-refractivity contribution in [1.29, 1.82) is 0 Å². The van der Waals surface area contributed by atoms with Crippen LogP contribution in [0.2, 0.25) is 0 Å². The van der Waals surface area contributed by atoms with Gasteiger partial charge in [-0.05, 0) is 12.8 Å². The van der Waals surface area contributed by atoms with Gasteiger partial charge in [-0.3, -0.25) is 0 Å². The third-order valence-electron chi connectivity index (χ3n) is 2.81. The summed E-state index contributed by atoms with van der Waals surface area (Å²) < 4.78 is 13.8. The smallest absolute Gasteiger partial charge is 0.224 e. The first-order chi connectivity index (χ1) is 8.72. The zero-order valence-corrected chi connectivity index (χ0v) is 11.5. The monoisotopic (exact) mass is 254 g/mol. The molecule has 0 spiro atoms. The summed E-state index contributed by atoms with van der Waals surface area (Å²) in [5.41, 5.74) is 0. The maximum Gasteiger partial charge on any atom is 0.224 e. The van der Waals surface area contributed by atoms with Gasteiger partial charge in [-0.15, -0.1) is 0 Å². The number of aromatic nitrogens is 2. The molecule has 0 amide bonds. The minimum Gasteiger partial charge on any atom is -0.357 e. The van der Waals surface area contributed by atoms with Crippen LogP contribution < -0.4 is 10.2 Å². The number of unbranched alkanes of at least 4 members (excludes halogenated alkanes) is 2. The van der Waals surface area contributed by atoms with E-state index >= 15 is 0 Å². The summed E-state index contributed by atoms with van der Waals surface area (Å²) in [5, 5.41) is 2.85. The first-order valence-corrected chi connectivity index (χ1v) is 6.68. The topological polar surface area (TPSA) is 41.1 Å². The SMILES string of the molecule is CCCCN(CCCC)c1nc(NC)ncc1F. The van der Waals surface area contributed by atoms with E-state index in [9.17, 15) is 4.39 Å². The van der Waals surface area contributed by atoms with Gasteiger partial charge >= 0.3 is 0 Å². The van der Waals surface area contributed by atoms with Gasteiger partial charge in [0.05, 0.1) is 6.20 Å². The lowest BCUT2D eigenvalue weighted by molar-refractivity contribution is 0.590. The predicted octanol–water partition coefficient (Wildman–Crippen LogP) is 3.06. The van der Waals surface area contributed by atoms with Crippen molar-refractivity contribution in [2.75, 3.05) is 30.4 Å². The van der Waals surface area contributed by atoms with E-state index in [1.54, 1.807) is 7.05 Å². The van der Waals surface area contributed by atoms with Gasteiger partial charge in [-0.1, -0.05) is 26.7 Å². The molecule has 102 valence electrons. The number of nitrogens with zero attached hydrogens (tertiary/aromatic N) is 3. The van der Waals surface area contributed by atoms with Crippen LogP contribution >= 0.6 is 0 Å². The van der Waals surface area contributed by atoms with Gasteiger partial charge in [0, 0.05) is 20.1 Å². The minimum absolute atomic E-state index is 0.346. The number of nitrogens with one attached hydrogen (secondary N) is 1. The second kappa shape index (κ2) is 7.84. The zero-order valence-electron chi connectivity index (χ0n) is 11.5. The molecule has 1 aromatic heterocycles. The maximum absolute atomic E-state index is 13.8. The number of halogens is 1. The van der Waals surface area contributed by atoms with Gasteiger partial charge in [0.25, 0.3) is 0 Å². The summed E-state index contributed by atoms with van der Waals surface area (Å²) in [5.74, 6) is 0.529. The number of hydrogen-bond acceptors (Lipinski definition) is 4. The van der Waals surface area contributed by atoms with Crippen molar-refractivity contribution in [1.82, 2.24) is 9.97 Å². The molecule has 1 N–H and O–H groups in total. The molecule has 5 heteroatoms. The first-order valence-electron chi connectivity index (χ1n) is 6.68. The van der Waals surface area contributed by atoms with Gasteiger partial charge in [0.1, 0.15) is 0 Å². The van der Waals surface area contributed by atoms with E-state index in [-0.39, 0.29) is 5.82 Å². The highest BCUT2D eigenvalue weighted by Gasteiger charge is 2.14. The lowest BCUT2D eigenvalue weighted by Crippen LogP contribution is -2.28. The Morgan fingerprint density at radius 3 is 2.33 bits per heavy atom. The van der Waals surface area contributed by atoms with Crippen molar-refractivity contribution in [3.63, 3.8) is 0 Å². The third-order valence-corrected chi connectivity index (χ3v) is 2.81. The number of rotatable bonds is 8. The van der Waals surface area contributed by atoms with Crippen LogP contribution in [-0.2, 0) is 0 Å². The van der Waals surface area contributed by atoms with E-state index in [4.69, 9.17) is 0 Å². The first kappa shape index (κ1) is 14.7. The van der Waals surface area contributed by atoms with Crippen LogP contribution in [0.5, 0.6) is 0 Å². The molecule has 0 aromatic carbocycles. The summed E-state index contributed by atoms with van der Waals surface area (Å²) in [4.78, 5) is 10.1. The Kier molecular flexibility index (Phi) is 6.39. The van der Waals surface area contributed by atoms with E-state index in [1.165, 1.54) is 6.20 Å². The van der Waals surface area contributed by atoms with E-state index in [1.807, 2.05) is 4.90 Å². The lowest BCUT2D eigenvalue weighted by Gasteiger charge is -2.24. The van der Waals surface area contributed by atoms with Crippen molar-refractivity contribution in [2.24, 2.45) is 0 Å². The quantitative estimate of drug-likeness (QED) is 0.774. The fourth-order valence-corrected chi connectivity index (χ4v) is 1.72. The Morgan fingerprint density at radius 1 is 1.22 bits per heavy atom. The average molecular weight is 254 g/mol. The van der Waals surface area contributed by atoms with E-state index < -0.39 is 0 Å². The summed E-state index contributed by atoms with van der Waals surface area (Å²) in [6, 6.07) is 0. The summed E-state index contributed by atoms with van der Waals surface area (Å²) in [6.07, 6.45) is 5.51. The van der Waals surface area contributed by atoms with Crippen LogP contribution in [0.25, 0.3) is 0 Å². The Balaban J connectivity index is 2.87. The molecule has 0 bridgehead atoms. The fraction of sp³-hybridized carbons (Fsp3) is 0.692. The summed E-state index contributed by atoms with van der Waals surface area (Å²) >= 11 is 0. The van der Waals surface area contributed by atoms with Gasteiger partial charge < -0.3 is 10.2 Å². The standard InChI is InChI=1S/C13H23FN4/c1-4-6-8-18(9-7-5-2)12-11(14)10-16-13(15-3)17-12/h10H,4-9H2,1-3H3,(H,15,16,17). The van der Waals surface area contributed by atoms with E-state index in [2.05, 4.69) is 29.1 Å². The molecule has 0 atom stereocenters. The van der Waals surface area contributed by atoms with Crippen molar-refractivity contribution < 1.29 is 4.39 Å². The molecule has 1 heterocycles. The Bertz CT molecular complexity index is 349. The lowest BCUT2D eigenvalue weighted by atomic mass is 10.2. The molecule has 0 fully saturated rings. The largest absolute Gasteiger partial charge is 0.357 e. The Morgan fingerprint density at radius 2 is 1.83 bits per heavy atom. The van der Waals surface area contributed by atoms with Gasteiger partial charge in [0.15, 0.2) is 11.6 Å². The van der Waals surface area contributed by atoms with Gasteiger partial charge in [-0.2, -0.15) is 4.98 Å². The number of hydrogen-bond donors (Lipinski definition) is 1. The molecule has 0 radical (unpaired) electrons. The van der Waals surface area contributed by atoms with Crippen molar-refractivity contribution in [3.8, 4) is 0 Å².